The van der Waals surface area contributed by atoms with Gasteiger partial charge in [0.15, 0.2) is 0 Å². The summed E-state index contributed by atoms with van der Waals surface area (Å²) in [6, 6.07) is 0. The molecule has 2 fully saturated rings. The second kappa shape index (κ2) is 4.09. The summed E-state index contributed by atoms with van der Waals surface area (Å²) in [5.74, 6) is 0.506. The van der Waals surface area contributed by atoms with Crippen molar-refractivity contribution in [1.29, 1.82) is 0 Å². The van der Waals surface area contributed by atoms with E-state index in [9.17, 15) is 4.79 Å². The molecular weight excluding hydrogens is 166 g/mol. The number of rotatable bonds is 1. The number of hydrogen-bond donors (Lipinski definition) is 0. The van der Waals surface area contributed by atoms with E-state index >= 15 is 0 Å². The molecule has 0 aromatic carbocycles. The second-order valence-corrected chi connectivity index (χ2v) is 3.97. The zero-order valence-electron chi connectivity index (χ0n) is 8.00. The summed E-state index contributed by atoms with van der Waals surface area (Å²) in [6.45, 7) is 3.23. The quantitative estimate of drug-likeness (QED) is 0.608. The highest BCUT2D eigenvalue weighted by Gasteiger charge is 2.30. The fourth-order valence-electron chi connectivity index (χ4n) is 1.93. The summed E-state index contributed by atoms with van der Waals surface area (Å²) >= 11 is 0. The van der Waals surface area contributed by atoms with Crippen LogP contribution in [-0.2, 0) is 9.53 Å². The van der Waals surface area contributed by atoms with Gasteiger partial charge in [0.05, 0.1) is 19.1 Å². The van der Waals surface area contributed by atoms with Crippen LogP contribution in [0.4, 0.5) is 0 Å². The van der Waals surface area contributed by atoms with E-state index in [1.165, 1.54) is 25.7 Å². The van der Waals surface area contributed by atoms with Crippen LogP contribution in [-0.4, -0.2) is 37.1 Å². The number of nitrogens with zero attached hydrogens (tertiary/aromatic N) is 1. The Morgan fingerprint density at radius 1 is 1.08 bits per heavy atom. The minimum absolute atomic E-state index is 0.179. The molecule has 3 heteroatoms. The Morgan fingerprint density at radius 3 is 2.15 bits per heavy atom. The first-order valence-electron chi connectivity index (χ1n) is 5.24. The van der Waals surface area contributed by atoms with Crippen molar-refractivity contribution in [1.82, 2.24) is 4.90 Å². The number of hydrogen-bond acceptors (Lipinski definition) is 2. The molecule has 0 aliphatic carbocycles. The topological polar surface area (TPSA) is 29.5 Å². The predicted molar refractivity (Wildman–Crippen MR) is 49.4 cm³/mol. The molecule has 0 N–H and O–H groups in total. The van der Waals surface area contributed by atoms with E-state index in [1.807, 2.05) is 4.90 Å². The first kappa shape index (κ1) is 9.00. The summed E-state index contributed by atoms with van der Waals surface area (Å²) < 4.78 is 5.03. The van der Waals surface area contributed by atoms with Crippen molar-refractivity contribution in [2.24, 2.45) is 5.92 Å². The molecule has 2 heterocycles. The molecule has 74 valence electrons. The molecule has 0 saturated carbocycles. The Balaban J connectivity index is 1.85. The minimum atomic E-state index is 0.179. The van der Waals surface area contributed by atoms with Gasteiger partial charge in [0.25, 0.3) is 0 Å². The number of carbonyl (C=O) groups excluding carboxylic acids is 1. The first-order valence-corrected chi connectivity index (χ1v) is 5.24. The van der Waals surface area contributed by atoms with E-state index in [-0.39, 0.29) is 5.92 Å². The van der Waals surface area contributed by atoms with E-state index < -0.39 is 0 Å². The molecule has 2 rings (SSSR count). The van der Waals surface area contributed by atoms with Gasteiger partial charge < -0.3 is 9.64 Å². The van der Waals surface area contributed by atoms with Crippen LogP contribution in [0.1, 0.15) is 25.7 Å². The average molecular weight is 183 g/mol. The minimum Gasteiger partial charge on any atom is -0.380 e. The molecule has 2 aliphatic rings. The third-order valence-corrected chi connectivity index (χ3v) is 2.91. The zero-order chi connectivity index (χ0) is 9.10. The molecule has 0 spiro atoms. The molecule has 2 saturated heterocycles. The van der Waals surface area contributed by atoms with Crippen molar-refractivity contribution in [2.75, 3.05) is 26.3 Å². The van der Waals surface area contributed by atoms with Crippen molar-refractivity contribution in [3.05, 3.63) is 0 Å². The maximum absolute atomic E-state index is 11.8. The normalized spacial score (nSPS) is 25.1. The highest BCUT2D eigenvalue weighted by atomic mass is 16.5. The van der Waals surface area contributed by atoms with Gasteiger partial charge in [-0.05, 0) is 12.8 Å². The Kier molecular flexibility index (Phi) is 2.83. The number of likely N-dealkylation sites (tertiary alicyclic amines) is 1. The van der Waals surface area contributed by atoms with Crippen LogP contribution in [0.5, 0.6) is 0 Å². The van der Waals surface area contributed by atoms with Gasteiger partial charge in [-0.1, -0.05) is 12.8 Å². The van der Waals surface area contributed by atoms with Crippen molar-refractivity contribution in [3.63, 3.8) is 0 Å². The highest BCUT2D eigenvalue weighted by molar-refractivity contribution is 5.79. The SMILES string of the molecule is O=C(C1COC1)N1CCCCCC1. The molecule has 0 bridgehead atoms. The molecule has 3 nitrogen and oxygen atoms in total. The van der Waals surface area contributed by atoms with Crippen LogP contribution in [0.15, 0.2) is 0 Å². The maximum atomic E-state index is 11.8. The Morgan fingerprint density at radius 2 is 1.69 bits per heavy atom. The molecule has 0 unspecified atom stereocenters. The van der Waals surface area contributed by atoms with E-state index in [4.69, 9.17) is 4.74 Å². The molecule has 13 heavy (non-hydrogen) atoms. The Labute approximate surface area is 79.0 Å². The third-order valence-electron chi connectivity index (χ3n) is 2.91. The molecule has 2 aliphatic heterocycles. The first-order chi connectivity index (χ1) is 6.38. The summed E-state index contributed by atoms with van der Waals surface area (Å²) in [5, 5.41) is 0. The van der Waals surface area contributed by atoms with Crippen LogP contribution in [0.3, 0.4) is 0 Å². The largest absolute Gasteiger partial charge is 0.380 e. The maximum Gasteiger partial charge on any atom is 0.230 e. The summed E-state index contributed by atoms with van der Waals surface area (Å²) in [5.41, 5.74) is 0. The van der Waals surface area contributed by atoms with Gasteiger partial charge in [-0.3, -0.25) is 4.79 Å². The van der Waals surface area contributed by atoms with Gasteiger partial charge in [-0.2, -0.15) is 0 Å². The van der Waals surface area contributed by atoms with Gasteiger partial charge in [-0.15, -0.1) is 0 Å². The van der Waals surface area contributed by atoms with E-state index in [2.05, 4.69) is 0 Å². The Bertz CT molecular complexity index is 181. The van der Waals surface area contributed by atoms with Gasteiger partial charge in [0.2, 0.25) is 5.91 Å². The van der Waals surface area contributed by atoms with E-state index in [0.29, 0.717) is 19.1 Å². The van der Waals surface area contributed by atoms with Crippen LogP contribution >= 0.6 is 0 Å². The van der Waals surface area contributed by atoms with Gasteiger partial charge >= 0.3 is 0 Å². The zero-order valence-corrected chi connectivity index (χ0v) is 8.00. The van der Waals surface area contributed by atoms with Crippen LogP contribution in [0.25, 0.3) is 0 Å². The van der Waals surface area contributed by atoms with Crippen LogP contribution in [0.2, 0.25) is 0 Å². The lowest BCUT2D eigenvalue weighted by atomic mass is 10.1. The summed E-state index contributed by atoms with van der Waals surface area (Å²) in [6.07, 6.45) is 4.93. The number of ether oxygens (including phenoxy) is 1. The lowest BCUT2D eigenvalue weighted by Gasteiger charge is -2.30. The average Bonchev–Trinajstić information content (AvgIpc) is 2.27. The molecule has 0 radical (unpaired) electrons. The van der Waals surface area contributed by atoms with Crippen molar-refractivity contribution in [3.8, 4) is 0 Å². The second-order valence-electron chi connectivity index (χ2n) is 3.97. The highest BCUT2D eigenvalue weighted by Crippen LogP contribution is 2.17. The van der Waals surface area contributed by atoms with E-state index in [0.717, 1.165) is 13.1 Å². The summed E-state index contributed by atoms with van der Waals surface area (Å²) in [7, 11) is 0. The van der Waals surface area contributed by atoms with Crippen molar-refractivity contribution < 1.29 is 9.53 Å². The summed E-state index contributed by atoms with van der Waals surface area (Å²) in [4.78, 5) is 13.8. The molecule has 0 atom stereocenters. The predicted octanol–water partition coefficient (Wildman–Crippen LogP) is 1.04. The van der Waals surface area contributed by atoms with Crippen LogP contribution < -0.4 is 0 Å². The fraction of sp³-hybridized carbons (Fsp3) is 0.900. The van der Waals surface area contributed by atoms with Crippen molar-refractivity contribution in [2.45, 2.75) is 25.7 Å². The van der Waals surface area contributed by atoms with E-state index in [1.54, 1.807) is 0 Å². The Hall–Kier alpha value is -0.570. The van der Waals surface area contributed by atoms with Crippen molar-refractivity contribution >= 4 is 5.91 Å². The molecule has 0 aromatic heterocycles. The number of carbonyl (C=O) groups is 1. The van der Waals surface area contributed by atoms with Gasteiger partial charge in [0, 0.05) is 13.1 Å². The smallest absolute Gasteiger partial charge is 0.230 e. The van der Waals surface area contributed by atoms with Crippen LogP contribution in [0, 0.1) is 5.92 Å². The molecule has 0 aromatic rings. The lowest BCUT2D eigenvalue weighted by Crippen LogP contribution is -2.45. The fourth-order valence-corrected chi connectivity index (χ4v) is 1.93. The molecule has 1 amide bonds. The lowest BCUT2D eigenvalue weighted by molar-refractivity contribution is -0.149. The number of amides is 1. The van der Waals surface area contributed by atoms with Gasteiger partial charge in [-0.25, -0.2) is 0 Å². The third kappa shape index (κ3) is 2.02. The standard InChI is InChI=1S/C10H17NO2/c12-10(9-7-13-8-9)11-5-3-1-2-4-6-11/h9H,1-8H2. The monoisotopic (exact) mass is 183 g/mol. The molecular formula is C10H17NO2. The van der Waals surface area contributed by atoms with Gasteiger partial charge in [0.1, 0.15) is 0 Å².